The maximum atomic E-state index is 13.6. The first kappa shape index (κ1) is 23.8. The second-order valence-electron chi connectivity index (χ2n) is 8.87. The van der Waals surface area contributed by atoms with E-state index >= 15 is 0 Å². The molecule has 2 aliphatic heterocycles. The fourth-order valence-corrected chi connectivity index (χ4v) is 5.29. The number of hydrogen-bond donors (Lipinski definition) is 1. The summed E-state index contributed by atoms with van der Waals surface area (Å²) in [5, 5.41) is 9.35. The highest BCUT2D eigenvalue weighted by atomic mass is 35.5. The number of nitrogens with zero attached hydrogens (tertiary/aromatic N) is 3. The summed E-state index contributed by atoms with van der Waals surface area (Å²) in [6.07, 6.45) is 2.20. The molecule has 1 atom stereocenters. The summed E-state index contributed by atoms with van der Waals surface area (Å²) in [5.74, 6) is 1.43. The first-order valence-corrected chi connectivity index (χ1v) is 12.6. The zero-order valence-electron chi connectivity index (χ0n) is 20.2. The number of urea groups is 1. The van der Waals surface area contributed by atoms with E-state index in [1.54, 1.807) is 7.11 Å². The highest BCUT2D eigenvalue weighted by molar-refractivity contribution is 6.31. The fraction of sp³-hybridized carbons (Fsp3) is 0.462. The molecule has 2 amide bonds. The molecule has 1 aromatic heterocycles. The summed E-state index contributed by atoms with van der Waals surface area (Å²) in [5.41, 5.74) is 4.21. The van der Waals surface area contributed by atoms with Gasteiger partial charge in [-0.1, -0.05) is 11.6 Å². The number of amides is 2. The van der Waals surface area contributed by atoms with Crippen molar-refractivity contribution in [3.8, 4) is 11.5 Å². The smallest absolute Gasteiger partial charge is 0.320 e. The zero-order chi connectivity index (χ0) is 24.4. The monoisotopic (exact) mass is 498 g/mol. The van der Waals surface area contributed by atoms with Crippen molar-refractivity contribution in [2.24, 2.45) is 0 Å². The number of rotatable bonds is 6. The van der Waals surface area contributed by atoms with Gasteiger partial charge in [0, 0.05) is 30.0 Å². The highest BCUT2D eigenvalue weighted by Gasteiger charge is 2.35. The first-order valence-electron chi connectivity index (χ1n) is 12.2. The van der Waals surface area contributed by atoms with E-state index in [9.17, 15) is 4.79 Å². The third-order valence-corrected chi connectivity index (χ3v) is 7.10. The Morgan fingerprint density at radius 3 is 2.80 bits per heavy atom. The van der Waals surface area contributed by atoms with Crippen molar-refractivity contribution in [1.82, 2.24) is 20.0 Å². The molecule has 3 aromatic rings. The third kappa shape index (κ3) is 4.77. The van der Waals surface area contributed by atoms with E-state index in [1.807, 2.05) is 34.9 Å². The lowest BCUT2D eigenvalue weighted by molar-refractivity contribution is 0.0376. The number of carbonyl (C=O) groups excluding carboxylic acids is 1. The van der Waals surface area contributed by atoms with Crippen LogP contribution < -0.4 is 9.47 Å². The van der Waals surface area contributed by atoms with E-state index in [4.69, 9.17) is 25.8 Å². The minimum absolute atomic E-state index is 0.0626. The van der Waals surface area contributed by atoms with Crippen LogP contribution in [0.4, 0.5) is 4.79 Å². The Kier molecular flexibility index (Phi) is 7.02. The van der Waals surface area contributed by atoms with Crippen molar-refractivity contribution in [1.29, 1.82) is 0 Å². The molecule has 1 saturated heterocycles. The Balaban J connectivity index is 1.49. The molecule has 8 nitrogen and oxygen atoms in total. The molecular formula is C26H31ClN4O4. The van der Waals surface area contributed by atoms with Crippen LogP contribution in [0.2, 0.25) is 5.02 Å². The van der Waals surface area contributed by atoms with Crippen molar-refractivity contribution in [3.63, 3.8) is 0 Å². The average Bonchev–Trinajstić information content (AvgIpc) is 3.29. The molecule has 35 heavy (non-hydrogen) atoms. The van der Waals surface area contributed by atoms with Crippen molar-refractivity contribution in [2.45, 2.75) is 32.2 Å². The van der Waals surface area contributed by atoms with Gasteiger partial charge >= 0.3 is 6.03 Å². The second kappa shape index (κ2) is 10.3. The molecule has 3 heterocycles. The van der Waals surface area contributed by atoms with Gasteiger partial charge < -0.3 is 24.0 Å². The molecule has 9 heteroatoms. The lowest BCUT2D eigenvalue weighted by Crippen LogP contribution is -2.51. The molecular weight excluding hydrogens is 468 g/mol. The first-order chi connectivity index (χ1) is 17.1. The topological polar surface area (TPSA) is 79.9 Å². The molecule has 2 aliphatic rings. The van der Waals surface area contributed by atoms with E-state index in [0.29, 0.717) is 56.6 Å². The van der Waals surface area contributed by atoms with Gasteiger partial charge in [0.05, 0.1) is 44.2 Å². The van der Waals surface area contributed by atoms with Gasteiger partial charge in [0.15, 0.2) is 11.5 Å². The van der Waals surface area contributed by atoms with Gasteiger partial charge in [-0.3, -0.25) is 5.10 Å². The van der Waals surface area contributed by atoms with Gasteiger partial charge in [0.1, 0.15) is 0 Å². The molecule has 1 fully saturated rings. The Morgan fingerprint density at radius 1 is 1.20 bits per heavy atom. The number of nitrogens with one attached hydrogen (secondary N) is 1. The number of ether oxygens (including phenoxy) is 3. The van der Waals surface area contributed by atoms with Gasteiger partial charge in [0.2, 0.25) is 0 Å². The minimum Gasteiger partial charge on any atom is -0.493 e. The minimum atomic E-state index is -0.106. The van der Waals surface area contributed by atoms with Crippen molar-refractivity contribution in [3.05, 3.63) is 52.2 Å². The molecule has 2 aromatic carbocycles. The predicted molar refractivity (Wildman–Crippen MR) is 135 cm³/mol. The molecule has 0 bridgehead atoms. The molecule has 186 valence electrons. The normalized spacial score (nSPS) is 18.0. The Bertz CT molecular complexity index is 1210. The van der Waals surface area contributed by atoms with Crippen LogP contribution in [0.5, 0.6) is 11.5 Å². The largest absolute Gasteiger partial charge is 0.493 e. The number of aromatic amines is 1. The van der Waals surface area contributed by atoms with Crippen molar-refractivity contribution < 1.29 is 19.0 Å². The molecule has 1 unspecified atom stereocenters. The number of morpholine rings is 1. The van der Waals surface area contributed by atoms with Gasteiger partial charge in [-0.05, 0) is 67.6 Å². The molecule has 0 spiro atoms. The summed E-state index contributed by atoms with van der Waals surface area (Å²) in [6, 6.07) is 9.82. The highest BCUT2D eigenvalue weighted by Crippen LogP contribution is 2.40. The van der Waals surface area contributed by atoms with Gasteiger partial charge in [-0.25, -0.2) is 4.79 Å². The zero-order valence-corrected chi connectivity index (χ0v) is 20.9. The number of carbonyl (C=O) groups is 1. The Morgan fingerprint density at radius 2 is 2.03 bits per heavy atom. The molecule has 1 N–H and O–H groups in total. The summed E-state index contributed by atoms with van der Waals surface area (Å²) >= 11 is 6.25. The molecule has 5 rings (SSSR count). The lowest BCUT2D eigenvalue weighted by atomic mass is 9.88. The number of halogens is 1. The molecule has 0 radical (unpaired) electrons. The van der Waals surface area contributed by atoms with Crippen LogP contribution in [0.25, 0.3) is 10.9 Å². The fourth-order valence-electron chi connectivity index (χ4n) is 5.12. The maximum Gasteiger partial charge on any atom is 0.320 e. The van der Waals surface area contributed by atoms with E-state index in [2.05, 4.69) is 22.3 Å². The Hall–Kier alpha value is -2.97. The van der Waals surface area contributed by atoms with Crippen LogP contribution in [-0.4, -0.2) is 72.6 Å². The van der Waals surface area contributed by atoms with E-state index < -0.39 is 0 Å². The average molecular weight is 499 g/mol. The van der Waals surface area contributed by atoms with Gasteiger partial charge in [0.25, 0.3) is 0 Å². The van der Waals surface area contributed by atoms with Crippen LogP contribution >= 0.6 is 11.6 Å². The summed E-state index contributed by atoms with van der Waals surface area (Å²) < 4.78 is 17.0. The number of aryl methyl sites for hydroxylation is 1. The number of H-pyrrole nitrogens is 1. The van der Waals surface area contributed by atoms with Crippen LogP contribution in [0.1, 0.15) is 36.2 Å². The molecule has 0 saturated carbocycles. The van der Waals surface area contributed by atoms with Gasteiger partial charge in [-0.15, -0.1) is 0 Å². The van der Waals surface area contributed by atoms with Crippen LogP contribution in [0, 0.1) is 0 Å². The number of methoxy groups -OCH3 is 1. The predicted octanol–water partition coefficient (Wildman–Crippen LogP) is 4.61. The lowest BCUT2D eigenvalue weighted by Gasteiger charge is -2.41. The molecule has 0 aliphatic carbocycles. The van der Waals surface area contributed by atoms with E-state index in [1.165, 1.54) is 5.56 Å². The van der Waals surface area contributed by atoms with Crippen LogP contribution in [-0.2, 0) is 17.6 Å². The summed E-state index contributed by atoms with van der Waals surface area (Å²) in [4.78, 5) is 17.5. The summed E-state index contributed by atoms with van der Waals surface area (Å²) in [7, 11) is 1.66. The number of fused-ring (bicyclic) bond motifs is 2. The van der Waals surface area contributed by atoms with E-state index in [0.717, 1.165) is 40.8 Å². The SMILES string of the molecule is CCOc1cc2c(cc1OC)CCN(C(=O)N1CCOCC1)C2CCc1n[nH]c2ccc(Cl)cc12. The second-order valence-corrected chi connectivity index (χ2v) is 9.31. The van der Waals surface area contributed by atoms with Crippen molar-refractivity contribution in [2.75, 3.05) is 46.6 Å². The number of aromatic nitrogens is 2. The third-order valence-electron chi connectivity index (χ3n) is 6.87. The quantitative estimate of drug-likeness (QED) is 0.537. The van der Waals surface area contributed by atoms with Crippen LogP contribution in [0.15, 0.2) is 30.3 Å². The standard InChI is InChI=1S/C26H31ClN4O4/c1-3-35-25-16-19-17(14-24(25)33-2)8-9-31(26(32)30-10-12-34-13-11-30)23(19)7-6-22-20-15-18(27)4-5-21(20)28-29-22/h4-5,14-16,23H,3,6-13H2,1-2H3,(H,28,29). The van der Waals surface area contributed by atoms with Gasteiger partial charge in [-0.2, -0.15) is 5.10 Å². The van der Waals surface area contributed by atoms with Crippen LogP contribution in [0.3, 0.4) is 0 Å². The van der Waals surface area contributed by atoms with E-state index in [-0.39, 0.29) is 12.1 Å². The Labute approximate surface area is 210 Å². The van der Waals surface area contributed by atoms with Crippen molar-refractivity contribution >= 4 is 28.5 Å². The number of benzene rings is 2. The maximum absolute atomic E-state index is 13.6. The number of hydrogen-bond acceptors (Lipinski definition) is 5. The summed E-state index contributed by atoms with van der Waals surface area (Å²) in [6.45, 7) is 5.53.